The standard InChI is InChI=1S/C35H38ClN3O5/c1-35(2)20-27-31(30(41)21-35)33(25-14-13-24(19-26(25)36)44-22-23-9-4-3-5-10-23)39(28-11-8-12-29(40)32(28)37-27)34(42)43-18-17-38-15-6-7-16-38/h3-5,8-14,19,33,37,40H,6-7,15-18,20-22H2,1-2H3. The number of phenolic OH excluding ortho intramolecular Hbond substituents is 1. The maximum absolute atomic E-state index is 14.1. The summed E-state index contributed by atoms with van der Waals surface area (Å²) in [5.41, 5.74) is 3.12. The molecule has 6 rings (SSSR count). The average Bonchev–Trinajstić information content (AvgIpc) is 3.45. The van der Waals surface area contributed by atoms with Gasteiger partial charge in [-0.15, -0.1) is 0 Å². The summed E-state index contributed by atoms with van der Waals surface area (Å²) in [6.07, 6.45) is 2.51. The highest BCUT2D eigenvalue weighted by atomic mass is 35.5. The van der Waals surface area contributed by atoms with Gasteiger partial charge in [0.2, 0.25) is 0 Å². The van der Waals surface area contributed by atoms with Crippen LogP contribution in [0.4, 0.5) is 16.2 Å². The fourth-order valence-electron chi connectivity index (χ4n) is 6.44. The summed E-state index contributed by atoms with van der Waals surface area (Å²) in [5.74, 6) is 0.449. The second-order valence-electron chi connectivity index (χ2n) is 12.5. The molecular weight excluding hydrogens is 578 g/mol. The highest BCUT2D eigenvalue weighted by molar-refractivity contribution is 6.31. The third kappa shape index (κ3) is 6.28. The summed E-state index contributed by atoms with van der Waals surface area (Å²) >= 11 is 6.98. The van der Waals surface area contributed by atoms with Crippen LogP contribution in [-0.4, -0.2) is 48.1 Å². The number of Topliss-reactive ketones (excluding diaryl/α,β-unsaturated/α-hetero) is 1. The van der Waals surface area contributed by atoms with Crippen LogP contribution in [-0.2, 0) is 16.1 Å². The predicted octanol–water partition coefficient (Wildman–Crippen LogP) is 7.47. The molecule has 9 heteroatoms. The molecule has 1 amide bonds. The van der Waals surface area contributed by atoms with Crippen LogP contribution in [0.1, 0.15) is 56.7 Å². The van der Waals surface area contributed by atoms with Gasteiger partial charge in [-0.25, -0.2) is 4.79 Å². The lowest BCUT2D eigenvalue weighted by atomic mass is 9.73. The third-order valence-electron chi connectivity index (χ3n) is 8.55. The maximum Gasteiger partial charge on any atom is 0.415 e. The first kappa shape index (κ1) is 30.0. The van der Waals surface area contributed by atoms with Crippen LogP contribution in [0.5, 0.6) is 11.5 Å². The second-order valence-corrected chi connectivity index (χ2v) is 12.9. The average molecular weight is 616 g/mol. The van der Waals surface area contributed by atoms with Crippen LogP contribution >= 0.6 is 11.6 Å². The van der Waals surface area contributed by atoms with E-state index in [-0.39, 0.29) is 23.6 Å². The molecule has 0 radical (unpaired) electrons. The lowest BCUT2D eigenvalue weighted by Gasteiger charge is -2.37. The Hall–Kier alpha value is -4.01. The number of hydrogen-bond acceptors (Lipinski definition) is 7. The van der Waals surface area contributed by atoms with Crippen molar-refractivity contribution in [2.24, 2.45) is 5.41 Å². The van der Waals surface area contributed by atoms with Gasteiger partial charge >= 0.3 is 6.09 Å². The van der Waals surface area contributed by atoms with E-state index in [0.717, 1.165) is 31.5 Å². The van der Waals surface area contributed by atoms with E-state index in [1.807, 2.05) is 50.2 Å². The van der Waals surface area contributed by atoms with Gasteiger partial charge in [0.05, 0.1) is 11.7 Å². The molecule has 0 saturated carbocycles. The number of hydrogen-bond donors (Lipinski definition) is 2. The Balaban J connectivity index is 1.41. The smallest absolute Gasteiger partial charge is 0.415 e. The Morgan fingerprint density at radius 1 is 1.05 bits per heavy atom. The quantitative estimate of drug-likeness (QED) is 0.266. The van der Waals surface area contributed by atoms with Crippen molar-refractivity contribution in [2.75, 3.05) is 36.5 Å². The van der Waals surface area contributed by atoms with Crippen molar-refractivity contribution in [3.05, 3.63) is 94.1 Å². The SMILES string of the molecule is CC1(C)CC(=O)C2=C(C1)Nc1c(O)cccc1N(C(=O)OCCN1CCCC1)C2c1ccc(OCc2ccccc2)cc1Cl. The zero-order chi connectivity index (χ0) is 30.8. The highest BCUT2D eigenvalue weighted by Crippen LogP contribution is 2.51. The number of para-hydroxylation sites is 1. The van der Waals surface area contributed by atoms with Crippen molar-refractivity contribution in [3.63, 3.8) is 0 Å². The molecule has 3 aromatic rings. The number of nitrogens with one attached hydrogen (secondary N) is 1. The minimum atomic E-state index is -0.890. The molecule has 1 aliphatic carbocycles. The van der Waals surface area contributed by atoms with Crippen LogP contribution in [0.2, 0.25) is 5.02 Å². The number of carbonyl (C=O) groups is 2. The van der Waals surface area contributed by atoms with Crippen molar-refractivity contribution < 1.29 is 24.2 Å². The fraction of sp³-hybridized carbons (Fsp3) is 0.371. The summed E-state index contributed by atoms with van der Waals surface area (Å²) in [5, 5.41) is 14.7. The fourth-order valence-corrected chi connectivity index (χ4v) is 6.71. The molecule has 1 atom stereocenters. The predicted molar refractivity (Wildman–Crippen MR) is 171 cm³/mol. The lowest BCUT2D eigenvalue weighted by molar-refractivity contribution is -0.118. The molecule has 1 saturated heterocycles. The van der Waals surface area contributed by atoms with Gasteiger partial charge in [-0.05, 0) is 73.2 Å². The molecule has 8 nitrogen and oxygen atoms in total. The van der Waals surface area contributed by atoms with Gasteiger partial charge in [-0.2, -0.15) is 0 Å². The summed E-state index contributed by atoms with van der Waals surface area (Å²) in [7, 11) is 0. The van der Waals surface area contributed by atoms with Gasteiger partial charge in [0.1, 0.15) is 30.4 Å². The third-order valence-corrected chi connectivity index (χ3v) is 8.88. The summed E-state index contributed by atoms with van der Waals surface area (Å²) in [6.45, 7) is 7.26. The first-order chi connectivity index (χ1) is 21.2. The van der Waals surface area contributed by atoms with E-state index >= 15 is 0 Å². The van der Waals surface area contributed by atoms with Crippen LogP contribution in [0.15, 0.2) is 78.0 Å². The number of nitrogens with zero attached hydrogens (tertiary/aromatic N) is 2. The molecule has 230 valence electrons. The van der Waals surface area contributed by atoms with E-state index in [4.69, 9.17) is 21.1 Å². The number of carbonyl (C=O) groups excluding carboxylic acids is 2. The number of likely N-dealkylation sites (tertiary alicyclic amines) is 1. The van der Waals surface area contributed by atoms with Crippen molar-refractivity contribution in [1.82, 2.24) is 4.90 Å². The topological polar surface area (TPSA) is 91.3 Å². The van der Waals surface area contributed by atoms with Crippen molar-refractivity contribution >= 4 is 34.9 Å². The van der Waals surface area contributed by atoms with Crippen LogP contribution in [0.25, 0.3) is 0 Å². The van der Waals surface area contributed by atoms with E-state index in [9.17, 15) is 14.7 Å². The molecule has 0 bridgehead atoms. The Kier molecular flexibility index (Phi) is 8.56. The molecule has 0 aromatic heterocycles. The molecule has 1 fully saturated rings. The zero-order valence-corrected chi connectivity index (χ0v) is 25.9. The van der Waals surface area contributed by atoms with Gasteiger partial charge < -0.3 is 19.9 Å². The Morgan fingerprint density at radius 3 is 2.57 bits per heavy atom. The number of anilines is 2. The zero-order valence-electron chi connectivity index (χ0n) is 25.1. The van der Waals surface area contributed by atoms with Gasteiger partial charge in [0.15, 0.2) is 5.78 Å². The van der Waals surface area contributed by atoms with Crippen LogP contribution in [0, 0.1) is 5.41 Å². The molecule has 3 aromatic carbocycles. The molecule has 0 spiro atoms. The summed E-state index contributed by atoms with van der Waals surface area (Å²) in [4.78, 5) is 31.8. The Morgan fingerprint density at radius 2 is 1.82 bits per heavy atom. The number of phenols is 1. The minimum absolute atomic E-state index is 0.0311. The van der Waals surface area contributed by atoms with Crippen molar-refractivity contribution in [1.29, 1.82) is 0 Å². The Labute approximate surface area is 263 Å². The number of allylic oxidation sites excluding steroid dienone is 1. The minimum Gasteiger partial charge on any atom is -0.506 e. The van der Waals surface area contributed by atoms with E-state index in [0.29, 0.717) is 65.0 Å². The first-order valence-electron chi connectivity index (χ1n) is 15.2. The normalized spacial score (nSPS) is 19.6. The van der Waals surface area contributed by atoms with Crippen molar-refractivity contribution in [2.45, 2.75) is 52.2 Å². The number of fused-ring (bicyclic) bond motifs is 1. The Bertz CT molecular complexity index is 1580. The molecule has 2 aliphatic heterocycles. The number of benzene rings is 3. The number of halogens is 1. The van der Waals surface area contributed by atoms with Gasteiger partial charge in [-0.3, -0.25) is 14.6 Å². The molecule has 1 unspecified atom stereocenters. The largest absolute Gasteiger partial charge is 0.506 e. The molecule has 2 heterocycles. The molecule has 2 N–H and O–H groups in total. The lowest BCUT2D eigenvalue weighted by Crippen LogP contribution is -2.40. The first-order valence-corrected chi connectivity index (χ1v) is 15.6. The summed E-state index contributed by atoms with van der Waals surface area (Å²) < 4.78 is 11.9. The second kappa shape index (κ2) is 12.5. The molecule has 3 aliphatic rings. The van der Waals surface area contributed by atoms with Gasteiger partial charge in [0, 0.05) is 29.3 Å². The number of aromatic hydroxyl groups is 1. The molecular formula is C35H38ClN3O5. The number of ketones is 1. The van der Waals surface area contributed by atoms with E-state index in [1.54, 1.807) is 30.3 Å². The van der Waals surface area contributed by atoms with E-state index < -0.39 is 12.1 Å². The summed E-state index contributed by atoms with van der Waals surface area (Å²) in [6, 6.07) is 19.3. The number of rotatable bonds is 7. The van der Waals surface area contributed by atoms with Crippen LogP contribution < -0.4 is 15.0 Å². The molecule has 44 heavy (non-hydrogen) atoms. The van der Waals surface area contributed by atoms with Crippen LogP contribution in [0.3, 0.4) is 0 Å². The highest BCUT2D eigenvalue weighted by Gasteiger charge is 2.45. The maximum atomic E-state index is 14.1. The number of ether oxygens (including phenoxy) is 2. The van der Waals surface area contributed by atoms with Gasteiger partial charge in [-0.1, -0.05) is 67.9 Å². The number of amides is 1. The van der Waals surface area contributed by atoms with E-state index in [1.165, 1.54) is 4.90 Å². The van der Waals surface area contributed by atoms with Crippen molar-refractivity contribution in [3.8, 4) is 11.5 Å². The van der Waals surface area contributed by atoms with E-state index in [2.05, 4.69) is 10.2 Å². The van der Waals surface area contributed by atoms with Gasteiger partial charge in [0.25, 0.3) is 0 Å². The monoisotopic (exact) mass is 615 g/mol.